The van der Waals surface area contributed by atoms with Crippen molar-refractivity contribution in [3.63, 3.8) is 0 Å². The van der Waals surface area contributed by atoms with Crippen LogP contribution in [0.15, 0.2) is 109 Å². The van der Waals surface area contributed by atoms with E-state index in [4.69, 9.17) is 9.72 Å². The van der Waals surface area contributed by atoms with E-state index < -0.39 is 0 Å². The molecule has 1 heterocycles. The molecule has 5 aromatic rings. The van der Waals surface area contributed by atoms with E-state index in [0.29, 0.717) is 6.54 Å². The number of benzene rings is 4. The second-order valence-electron chi connectivity index (χ2n) is 8.77. The summed E-state index contributed by atoms with van der Waals surface area (Å²) in [4.78, 5) is 16.9. The van der Waals surface area contributed by atoms with Gasteiger partial charge in [0.1, 0.15) is 12.4 Å². The highest BCUT2D eigenvalue weighted by Gasteiger charge is 2.23. The van der Waals surface area contributed by atoms with E-state index in [1.54, 1.807) is 0 Å². The fourth-order valence-corrected chi connectivity index (χ4v) is 4.59. The zero-order chi connectivity index (χ0) is 24.9. The van der Waals surface area contributed by atoms with Crippen molar-refractivity contribution < 1.29 is 9.53 Å². The van der Waals surface area contributed by atoms with Gasteiger partial charge in [0.15, 0.2) is 0 Å². The third kappa shape index (κ3) is 4.84. The predicted octanol–water partition coefficient (Wildman–Crippen LogP) is 7.42. The molecule has 0 spiro atoms. The van der Waals surface area contributed by atoms with Gasteiger partial charge in [0.05, 0.1) is 17.9 Å². The van der Waals surface area contributed by atoms with Crippen molar-refractivity contribution in [1.82, 2.24) is 9.55 Å². The summed E-state index contributed by atoms with van der Waals surface area (Å²) in [5, 5.41) is 0. The molecule has 0 bridgehead atoms. The lowest BCUT2D eigenvalue weighted by Crippen LogP contribution is -2.11. The highest BCUT2D eigenvalue weighted by molar-refractivity contribution is 5.87. The SMILES string of the molecule is CC(=O)OCCn1c(-c2ccccc2-c2cccc(C)c2)nc(-c2ccccc2)c1-c1ccccc1. The van der Waals surface area contributed by atoms with Gasteiger partial charge in [-0.25, -0.2) is 4.98 Å². The molecule has 0 atom stereocenters. The van der Waals surface area contributed by atoms with E-state index in [1.807, 2.05) is 42.5 Å². The zero-order valence-corrected chi connectivity index (χ0v) is 20.5. The van der Waals surface area contributed by atoms with Gasteiger partial charge in [-0.3, -0.25) is 4.79 Å². The van der Waals surface area contributed by atoms with Crippen molar-refractivity contribution in [2.24, 2.45) is 0 Å². The molecular formula is C32H28N2O2. The summed E-state index contributed by atoms with van der Waals surface area (Å²) in [6.07, 6.45) is 0. The topological polar surface area (TPSA) is 44.1 Å². The van der Waals surface area contributed by atoms with Crippen LogP contribution < -0.4 is 0 Å². The van der Waals surface area contributed by atoms with Crippen LogP contribution in [-0.4, -0.2) is 22.1 Å². The van der Waals surface area contributed by atoms with Gasteiger partial charge in [0.25, 0.3) is 0 Å². The van der Waals surface area contributed by atoms with E-state index >= 15 is 0 Å². The number of hydrogen-bond acceptors (Lipinski definition) is 3. The van der Waals surface area contributed by atoms with Gasteiger partial charge >= 0.3 is 5.97 Å². The van der Waals surface area contributed by atoms with E-state index in [1.165, 1.54) is 12.5 Å². The highest BCUT2D eigenvalue weighted by Crippen LogP contribution is 2.39. The average Bonchev–Trinajstić information content (AvgIpc) is 3.29. The number of ether oxygens (including phenoxy) is 1. The first-order chi connectivity index (χ1) is 17.6. The molecule has 0 unspecified atom stereocenters. The second-order valence-corrected chi connectivity index (χ2v) is 8.77. The van der Waals surface area contributed by atoms with Crippen molar-refractivity contribution in [3.8, 4) is 45.0 Å². The Morgan fingerprint density at radius 3 is 2.03 bits per heavy atom. The van der Waals surface area contributed by atoms with Gasteiger partial charge in [-0.1, -0.05) is 115 Å². The van der Waals surface area contributed by atoms with Gasteiger partial charge in [0.2, 0.25) is 0 Å². The van der Waals surface area contributed by atoms with E-state index in [-0.39, 0.29) is 12.6 Å². The molecule has 0 aliphatic rings. The molecule has 0 fully saturated rings. The maximum absolute atomic E-state index is 11.6. The fraction of sp³-hybridized carbons (Fsp3) is 0.125. The van der Waals surface area contributed by atoms with Gasteiger partial charge in [-0.05, 0) is 18.1 Å². The number of nitrogens with zero attached hydrogens (tertiary/aromatic N) is 2. The van der Waals surface area contributed by atoms with Crippen molar-refractivity contribution in [1.29, 1.82) is 0 Å². The molecule has 1 aromatic heterocycles. The van der Waals surface area contributed by atoms with Crippen LogP contribution in [0.5, 0.6) is 0 Å². The summed E-state index contributed by atoms with van der Waals surface area (Å²) in [6, 6.07) is 37.4. The number of esters is 1. The summed E-state index contributed by atoms with van der Waals surface area (Å²) >= 11 is 0. The largest absolute Gasteiger partial charge is 0.464 e. The molecule has 0 aliphatic heterocycles. The van der Waals surface area contributed by atoms with Gasteiger partial charge < -0.3 is 9.30 Å². The molecular weight excluding hydrogens is 444 g/mol. The molecule has 0 saturated carbocycles. The number of aromatic nitrogens is 2. The first-order valence-corrected chi connectivity index (χ1v) is 12.1. The van der Waals surface area contributed by atoms with Crippen molar-refractivity contribution in [2.75, 3.05) is 6.61 Å². The summed E-state index contributed by atoms with van der Waals surface area (Å²) in [5.74, 6) is 0.554. The molecule has 4 aromatic carbocycles. The first kappa shape index (κ1) is 23.3. The molecule has 0 aliphatic carbocycles. The van der Waals surface area contributed by atoms with Crippen LogP contribution in [0.25, 0.3) is 45.0 Å². The minimum Gasteiger partial charge on any atom is -0.464 e. The Bertz CT molecular complexity index is 1490. The molecule has 4 nitrogen and oxygen atoms in total. The summed E-state index contributed by atoms with van der Waals surface area (Å²) < 4.78 is 7.58. The fourth-order valence-electron chi connectivity index (χ4n) is 4.59. The number of hydrogen-bond donors (Lipinski definition) is 0. The Hall–Kier alpha value is -4.44. The third-order valence-electron chi connectivity index (χ3n) is 6.18. The average molecular weight is 473 g/mol. The lowest BCUT2D eigenvalue weighted by atomic mass is 9.98. The Labute approximate surface area is 211 Å². The number of carbonyl (C=O) groups is 1. The molecule has 36 heavy (non-hydrogen) atoms. The second kappa shape index (κ2) is 10.4. The quantitative estimate of drug-likeness (QED) is 0.232. The standard InChI is InChI=1S/C32H28N2O2/c1-23-12-11-17-27(22-23)28-18-9-10-19-29(28)32-33-30(25-13-5-3-6-14-25)31(26-15-7-4-8-16-26)34(32)20-21-36-24(2)35/h3-19,22H,20-21H2,1-2H3. The van der Waals surface area contributed by atoms with Crippen LogP contribution in [0.3, 0.4) is 0 Å². The maximum atomic E-state index is 11.6. The summed E-state index contributed by atoms with van der Waals surface area (Å²) in [5.41, 5.74) is 8.49. The molecule has 178 valence electrons. The highest BCUT2D eigenvalue weighted by atomic mass is 16.5. The zero-order valence-electron chi connectivity index (χ0n) is 20.5. The van der Waals surface area contributed by atoms with Gasteiger partial charge in [-0.15, -0.1) is 0 Å². The third-order valence-corrected chi connectivity index (χ3v) is 6.18. The summed E-state index contributed by atoms with van der Waals surface area (Å²) in [6.45, 7) is 4.29. The van der Waals surface area contributed by atoms with Crippen LogP contribution in [-0.2, 0) is 16.1 Å². The van der Waals surface area contributed by atoms with E-state index in [0.717, 1.165) is 45.0 Å². The smallest absolute Gasteiger partial charge is 0.302 e. The Morgan fingerprint density at radius 1 is 0.750 bits per heavy atom. The molecule has 5 rings (SSSR count). The Balaban J connectivity index is 1.78. The number of carbonyl (C=O) groups excluding carboxylic acids is 1. The number of imidazole rings is 1. The number of aryl methyl sites for hydroxylation is 1. The molecule has 0 radical (unpaired) electrons. The lowest BCUT2D eigenvalue weighted by molar-refractivity contribution is -0.141. The normalized spacial score (nSPS) is 10.8. The van der Waals surface area contributed by atoms with Crippen LogP contribution in [0.2, 0.25) is 0 Å². The Morgan fingerprint density at radius 2 is 1.36 bits per heavy atom. The van der Waals surface area contributed by atoms with Crippen LogP contribution >= 0.6 is 0 Å². The predicted molar refractivity (Wildman–Crippen MR) is 145 cm³/mol. The van der Waals surface area contributed by atoms with Crippen LogP contribution in [0, 0.1) is 6.92 Å². The van der Waals surface area contributed by atoms with Crippen molar-refractivity contribution in [2.45, 2.75) is 20.4 Å². The minimum absolute atomic E-state index is 0.263. The first-order valence-electron chi connectivity index (χ1n) is 12.1. The lowest BCUT2D eigenvalue weighted by Gasteiger charge is -2.15. The number of rotatable bonds is 7. The maximum Gasteiger partial charge on any atom is 0.302 e. The summed E-state index contributed by atoms with van der Waals surface area (Å²) in [7, 11) is 0. The molecule has 0 saturated heterocycles. The van der Waals surface area contributed by atoms with E-state index in [9.17, 15) is 4.79 Å². The Kier molecular flexibility index (Phi) is 6.76. The van der Waals surface area contributed by atoms with Gasteiger partial charge in [-0.2, -0.15) is 0 Å². The minimum atomic E-state index is -0.290. The van der Waals surface area contributed by atoms with Crippen molar-refractivity contribution in [3.05, 3.63) is 115 Å². The van der Waals surface area contributed by atoms with Crippen LogP contribution in [0.1, 0.15) is 12.5 Å². The van der Waals surface area contributed by atoms with Crippen molar-refractivity contribution >= 4 is 5.97 Å². The van der Waals surface area contributed by atoms with Gasteiger partial charge in [0, 0.05) is 23.6 Å². The van der Waals surface area contributed by atoms with Crippen LogP contribution in [0.4, 0.5) is 0 Å². The monoisotopic (exact) mass is 472 g/mol. The molecule has 0 N–H and O–H groups in total. The molecule has 4 heteroatoms. The van der Waals surface area contributed by atoms with E-state index in [2.05, 4.69) is 78.2 Å². The molecule has 0 amide bonds.